The maximum Gasteiger partial charge on any atom is 0.0626 e. The molecule has 0 aliphatic rings. The van der Waals surface area contributed by atoms with Gasteiger partial charge in [0.05, 0.1) is 11.0 Å². The number of hydrogen-bond donors (Lipinski definition) is 0. The molecule has 1 aromatic heterocycles. The summed E-state index contributed by atoms with van der Waals surface area (Å²) >= 11 is 0. The van der Waals surface area contributed by atoms with Crippen molar-refractivity contribution in [3.63, 3.8) is 0 Å². The second-order valence-electron chi connectivity index (χ2n) is 12.2. The molecule has 0 aliphatic carbocycles. The van der Waals surface area contributed by atoms with E-state index >= 15 is 0 Å². The SMILES string of the molecule is CN(c1ccccc1)c1ccc(-c2ccc(-c3cccc4c5c6ccccc6c6ccccc6c5n(-c5ccccc5)c34)cc2)cc1. The van der Waals surface area contributed by atoms with E-state index in [-0.39, 0.29) is 0 Å². The average molecular weight is 601 g/mol. The van der Waals surface area contributed by atoms with E-state index in [0.717, 1.165) is 11.4 Å². The van der Waals surface area contributed by atoms with E-state index in [4.69, 9.17) is 0 Å². The Kier molecular flexibility index (Phi) is 6.39. The van der Waals surface area contributed by atoms with Crippen LogP contribution in [0.3, 0.4) is 0 Å². The standard InChI is InChI=1S/C45H32N2/c1-46(34-13-4-2-5-14-34)35-29-27-32(28-30-35)31-23-25-33(26-24-31)37-21-12-22-42-43-40-19-10-8-17-38(40)39-18-9-11-20-41(39)45(43)47(44(37)42)36-15-6-3-7-16-36/h2-30H,1H3. The highest BCUT2D eigenvalue weighted by molar-refractivity contribution is 6.33. The first-order valence-corrected chi connectivity index (χ1v) is 16.2. The van der Waals surface area contributed by atoms with Crippen molar-refractivity contribution in [2.75, 3.05) is 11.9 Å². The predicted molar refractivity (Wildman–Crippen MR) is 201 cm³/mol. The van der Waals surface area contributed by atoms with Crippen LogP contribution in [-0.4, -0.2) is 11.6 Å². The van der Waals surface area contributed by atoms with Gasteiger partial charge in [-0.15, -0.1) is 0 Å². The summed E-state index contributed by atoms with van der Waals surface area (Å²) in [7, 11) is 2.11. The number of para-hydroxylation sites is 3. The van der Waals surface area contributed by atoms with Crippen LogP contribution in [0.15, 0.2) is 176 Å². The Morgan fingerprint density at radius 1 is 0.362 bits per heavy atom. The molecule has 0 amide bonds. The van der Waals surface area contributed by atoms with Crippen LogP contribution in [0.1, 0.15) is 0 Å². The van der Waals surface area contributed by atoms with E-state index in [1.54, 1.807) is 0 Å². The molecule has 2 nitrogen and oxygen atoms in total. The quantitative estimate of drug-likeness (QED) is 0.178. The van der Waals surface area contributed by atoms with E-state index in [1.165, 1.54) is 71.3 Å². The van der Waals surface area contributed by atoms with Crippen molar-refractivity contribution in [1.29, 1.82) is 0 Å². The molecular weight excluding hydrogens is 569 g/mol. The molecule has 0 spiro atoms. The van der Waals surface area contributed by atoms with Gasteiger partial charge in [0.1, 0.15) is 0 Å². The van der Waals surface area contributed by atoms with Crippen molar-refractivity contribution < 1.29 is 0 Å². The van der Waals surface area contributed by atoms with Crippen LogP contribution in [0.25, 0.3) is 71.3 Å². The van der Waals surface area contributed by atoms with E-state index in [0.29, 0.717) is 0 Å². The van der Waals surface area contributed by atoms with Gasteiger partial charge in [-0.05, 0) is 69.2 Å². The van der Waals surface area contributed by atoms with Crippen LogP contribution in [0.4, 0.5) is 11.4 Å². The van der Waals surface area contributed by atoms with Crippen LogP contribution >= 0.6 is 0 Å². The maximum absolute atomic E-state index is 2.49. The summed E-state index contributed by atoms with van der Waals surface area (Å²) in [6.45, 7) is 0. The first kappa shape index (κ1) is 27.2. The van der Waals surface area contributed by atoms with Gasteiger partial charge in [-0.2, -0.15) is 0 Å². The van der Waals surface area contributed by atoms with E-state index in [1.807, 2.05) is 0 Å². The zero-order chi connectivity index (χ0) is 31.3. The van der Waals surface area contributed by atoms with Crippen molar-refractivity contribution in [3.05, 3.63) is 176 Å². The molecule has 9 aromatic rings. The number of nitrogens with zero attached hydrogens (tertiary/aromatic N) is 2. The third kappa shape index (κ3) is 4.41. The summed E-state index contributed by atoms with van der Waals surface area (Å²) in [4.78, 5) is 2.21. The van der Waals surface area contributed by atoms with Crippen molar-refractivity contribution >= 4 is 54.7 Å². The van der Waals surface area contributed by atoms with Gasteiger partial charge in [0.25, 0.3) is 0 Å². The predicted octanol–water partition coefficient (Wildman–Crippen LogP) is 12.2. The van der Waals surface area contributed by atoms with Gasteiger partial charge in [-0.1, -0.05) is 140 Å². The highest BCUT2D eigenvalue weighted by Gasteiger charge is 2.21. The molecule has 8 aromatic carbocycles. The topological polar surface area (TPSA) is 8.17 Å². The van der Waals surface area contributed by atoms with Crippen molar-refractivity contribution in [1.82, 2.24) is 4.57 Å². The number of anilines is 2. The molecule has 0 fully saturated rings. The van der Waals surface area contributed by atoms with Gasteiger partial charge in [0, 0.05) is 45.8 Å². The molecule has 2 heteroatoms. The third-order valence-corrected chi connectivity index (χ3v) is 9.60. The summed E-state index contributed by atoms with van der Waals surface area (Å²) in [5, 5.41) is 7.70. The van der Waals surface area contributed by atoms with Gasteiger partial charge >= 0.3 is 0 Å². The van der Waals surface area contributed by atoms with Gasteiger partial charge in [-0.25, -0.2) is 0 Å². The van der Waals surface area contributed by atoms with Crippen molar-refractivity contribution in [2.24, 2.45) is 0 Å². The minimum Gasteiger partial charge on any atom is -0.345 e. The number of benzene rings is 8. The summed E-state index contributed by atoms with van der Waals surface area (Å²) in [6, 6.07) is 63.7. The number of aromatic nitrogens is 1. The molecule has 0 atom stereocenters. The van der Waals surface area contributed by atoms with Crippen LogP contribution in [0, 0.1) is 0 Å². The Morgan fingerprint density at radius 3 is 1.53 bits per heavy atom. The molecule has 0 saturated carbocycles. The Hall–Kier alpha value is -6.12. The highest BCUT2D eigenvalue weighted by Crippen LogP contribution is 2.45. The third-order valence-electron chi connectivity index (χ3n) is 9.60. The molecule has 222 valence electrons. The Morgan fingerprint density at radius 2 is 0.851 bits per heavy atom. The fourth-order valence-corrected chi connectivity index (χ4v) is 7.31. The summed E-state index contributed by atoms with van der Waals surface area (Å²) in [6.07, 6.45) is 0. The van der Waals surface area contributed by atoms with E-state index in [2.05, 4.69) is 192 Å². The van der Waals surface area contributed by atoms with Crippen molar-refractivity contribution in [2.45, 2.75) is 0 Å². The molecule has 0 saturated heterocycles. The molecule has 0 aliphatic heterocycles. The molecule has 47 heavy (non-hydrogen) atoms. The van der Waals surface area contributed by atoms with Gasteiger partial charge in [-0.3, -0.25) is 0 Å². The van der Waals surface area contributed by atoms with Gasteiger partial charge in [0.2, 0.25) is 0 Å². The lowest BCUT2D eigenvalue weighted by Crippen LogP contribution is -2.08. The maximum atomic E-state index is 2.49. The van der Waals surface area contributed by atoms with Crippen LogP contribution in [0.2, 0.25) is 0 Å². The lowest BCUT2D eigenvalue weighted by molar-refractivity contribution is 1.19. The summed E-state index contributed by atoms with van der Waals surface area (Å²) in [5.74, 6) is 0. The Balaban J connectivity index is 1.22. The smallest absolute Gasteiger partial charge is 0.0626 e. The van der Waals surface area contributed by atoms with Gasteiger partial charge < -0.3 is 9.47 Å². The zero-order valence-electron chi connectivity index (χ0n) is 26.1. The van der Waals surface area contributed by atoms with Crippen LogP contribution < -0.4 is 4.90 Å². The largest absolute Gasteiger partial charge is 0.345 e. The summed E-state index contributed by atoms with van der Waals surface area (Å²) < 4.78 is 2.49. The van der Waals surface area contributed by atoms with Crippen LogP contribution in [0.5, 0.6) is 0 Å². The normalized spacial score (nSPS) is 11.5. The van der Waals surface area contributed by atoms with Gasteiger partial charge in [0.15, 0.2) is 0 Å². The van der Waals surface area contributed by atoms with E-state index < -0.39 is 0 Å². The monoisotopic (exact) mass is 600 g/mol. The number of fused-ring (bicyclic) bond motifs is 8. The molecule has 0 N–H and O–H groups in total. The first-order chi connectivity index (χ1) is 23.3. The van der Waals surface area contributed by atoms with Crippen LogP contribution in [-0.2, 0) is 0 Å². The van der Waals surface area contributed by atoms with E-state index in [9.17, 15) is 0 Å². The number of rotatable bonds is 5. The summed E-state index contributed by atoms with van der Waals surface area (Å²) in [5.41, 5.74) is 10.8. The molecule has 9 rings (SSSR count). The molecule has 1 heterocycles. The molecule has 0 radical (unpaired) electrons. The number of hydrogen-bond acceptors (Lipinski definition) is 1. The first-order valence-electron chi connectivity index (χ1n) is 16.2. The lowest BCUT2D eigenvalue weighted by Gasteiger charge is -2.19. The van der Waals surface area contributed by atoms with Crippen molar-refractivity contribution in [3.8, 4) is 27.9 Å². The average Bonchev–Trinajstić information content (AvgIpc) is 3.52. The Labute approximate surface area is 274 Å². The lowest BCUT2D eigenvalue weighted by atomic mass is 9.95. The minimum absolute atomic E-state index is 1.16. The molecule has 0 unspecified atom stereocenters. The minimum atomic E-state index is 1.16. The Bertz CT molecular complexity index is 2540. The second-order valence-corrected chi connectivity index (χ2v) is 12.2. The highest BCUT2D eigenvalue weighted by atomic mass is 15.1. The molecule has 0 bridgehead atoms. The second kappa shape index (κ2) is 11.0. The fraction of sp³-hybridized carbons (Fsp3) is 0.0222. The fourth-order valence-electron chi connectivity index (χ4n) is 7.31. The molecular formula is C45H32N2. The zero-order valence-corrected chi connectivity index (χ0v) is 26.1.